The van der Waals surface area contributed by atoms with Gasteiger partial charge in [0.2, 0.25) is 0 Å². The molecular formula is C10H11NO2. The van der Waals surface area contributed by atoms with Crippen molar-refractivity contribution in [2.24, 2.45) is 5.18 Å². The molecule has 1 aromatic carbocycles. The third kappa shape index (κ3) is 2.21. The lowest BCUT2D eigenvalue weighted by Crippen LogP contribution is -2.13. The van der Waals surface area contributed by atoms with Crippen LogP contribution in [0.3, 0.4) is 0 Å². The van der Waals surface area contributed by atoms with E-state index in [1.165, 1.54) is 6.92 Å². The Hall–Kier alpha value is -1.51. The van der Waals surface area contributed by atoms with E-state index in [1.54, 1.807) is 12.1 Å². The minimum Gasteiger partial charge on any atom is -0.292 e. The molecule has 1 atom stereocenters. The Bertz CT molecular complexity index is 316. The summed E-state index contributed by atoms with van der Waals surface area (Å²) in [7, 11) is 0. The fourth-order valence-electron chi connectivity index (χ4n) is 1.01. The number of carbonyl (C=O) groups is 1. The molecule has 3 nitrogen and oxygen atoms in total. The van der Waals surface area contributed by atoms with Crippen molar-refractivity contribution in [1.29, 1.82) is 0 Å². The zero-order chi connectivity index (χ0) is 9.84. The van der Waals surface area contributed by atoms with Crippen LogP contribution in [0.25, 0.3) is 0 Å². The maximum absolute atomic E-state index is 11.4. The largest absolute Gasteiger partial charge is 0.292 e. The first-order valence-corrected chi connectivity index (χ1v) is 4.08. The van der Waals surface area contributed by atoms with Crippen LogP contribution in [0, 0.1) is 11.8 Å². The molecule has 0 radical (unpaired) electrons. The van der Waals surface area contributed by atoms with Crippen molar-refractivity contribution < 1.29 is 4.79 Å². The predicted molar refractivity (Wildman–Crippen MR) is 50.8 cm³/mol. The number of aryl methyl sites for hydroxylation is 1. The molecule has 3 heteroatoms. The van der Waals surface area contributed by atoms with Crippen LogP contribution in [0.5, 0.6) is 0 Å². The molecule has 0 fully saturated rings. The second kappa shape index (κ2) is 3.94. The molecule has 0 aliphatic carbocycles. The van der Waals surface area contributed by atoms with Crippen LogP contribution >= 0.6 is 0 Å². The molecule has 1 aromatic rings. The number of carbonyl (C=O) groups excluding carboxylic acids is 1. The van der Waals surface area contributed by atoms with Gasteiger partial charge < -0.3 is 0 Å². The Labute approximate surface area is 76.7 Å². The summed E-state index contributed by atoms with van der Waals surface area (Å²) in [6.45, 7) is 3.44. The third-order valence-corrected chi connectivity index (χ3v) is 1.87. The van der Waals surface area contributed by atoms with Crippen molar-refractivity contribution in [3.63, 3.8) is 0 Å². The summed E-state index contributed by atoms with van der Waals surface area (Å²) in [5.41, 5.74) is 1.63. The molecule has 0 N–H and O–H groups in total. The molecule has 0 spiro atoms. The van der Waals surface area contributed by atoms with Gasteiger partial charge in [-0.05, 0) is 13.8 Å². The van der Waals surface area contributed by atoms with Gasteiger partial charge in [0, 0.05) is 5.56 Å². The minimum atomic E-state index is -0.789. The molecule has 0 aliphatic heterocycles. The number of Topliss-reactive ketones (excluding diaryl/α,β-unsaturated/α-hetero) is 1. The number of nitroso groups, excluding NO2 is 1. The van der Waals surface area contributed by atoms with Gasteiger partial charge in [0.15, 0.2) is 11.8 Å². The summed E-state index contributed by atoms with van der Waals surface area (Å²) in [4.78, 5) is 21.5. The number of rotatable bonds is 3. The SMILES string of the molecule is Cc1ccc(C(=O)C(C)N=O)cc1. The summed E-state index contributed by atoms with van der Waals surface area (Å²) in [5, 5.41) is 2.69. The Morgan fingerprint density at radius 1 is 1.31 bits per heavy atom. The van der Waals surface area contributed by atoms with Crippen LogP contribution in [0.4, 0.5) is 0 Å². The van der Waals surface area contributed by atoms with Gasteiger partial charge in [-0.2, -0.15) is 4.91 Å². The van der Waals surface area contributed by atoms with E-state index in [9.17, 15) is 9.70 Å². The number of nitrogens with zero attached hydrogens (tertiary/aromatic N) is 1. The number of ketones is 1. The van der Waals surface area contributed by atoms with Gasteiger partial charge in [0.05, 0.1) is 0 Å². The molecular weight excluding hydrogens is 166 g/mol. The standard InChI is InChI=1S/C10H11NO2/c1-7-3-5-9(6-4-7)10(12)8(2)11-13/h3-6,8H,1-2H3. The molecule has 0 bridgehead atoms. The normalized spacial score (nSPS) is 12.2. The lowest BCUT2D eigenvalue weighted by Gasteiger charge is -2.01. The zero-order valence-corrected chi connectivity index (χ0v) is 7.65. The molecule has 0 amide bonds. The van der Waals surface area contributed by atoms with Gasteiger partial charge in [0.1, 0.15) is 0 Å². The van der Waals surface area contributed by atoms with Crippen LogP contribution in [0.15, 0.2) is 29.4 Å². The monoisotopic (exact) mass is 177 g/mol. The van der Waals surface area contributed by atoms with E-state index in [4.69, 9.17) is 0 Å². The number of hydrogen-bond donors (Lipinski definition) is 0. The van der Waals surface area contributed by atoms with Gasteiger partial charge in [-0.15, -0.1) is 0 Å². The maximum Gasteiger partial charge on any atom is 0.190 e. The third-order valence-electron chi connectivity index (χ3n) is 1.87. The Kier molecular flexibility index (Phi) is 2.90. The van der Waals surface area contributed by atoms with E-state index >= 15 is 0 Å². The van der Waals surface area contributed by atoms with Gasteiger partial charge >= 0.3 is 0 Å². The molecule has 1 unspecified atom stereocenters. The Balaban J connectivity index is 2.89. The molecule has 0 aliphatic rings. The van der Waals surface area contributed by atoms with E-state index < -0.39 is 6.04 Å². The fraction of sp³-hybridized carbons (Fsp3) is 0.300. The van der Waals surface area contributed by atoms with Gasteiger partial charge in [0.25, 0.3) is 0 Å². The molecule has 0 saturated heterocycles. The molecule has 0 heterocycles. The quantitative estimate of drug-likeness (QED) is 0.525. The molecule has 0 saturated carbocycles. The van der Waals surface area contributed by atoms with Crippen LogP contribution in [0.1, 0.15) is 22.8 Å². The first kappa shape index (κ1) is 9.58. The van der Waals surface area contributed by atoms with Crippen molar-refractivity contribution in [2.75, 3.05) is 0 Å². The highest BCUT2D eigenvalue weighted by Crippen LogP contribution is 2.07. The average molecular weight is 177 g/mol. The molecule has 68 valence electrons. The van der Waals surface area contributed by atoms with Crippen molar-refractivity contribution in [1.82, 2.24) is 0 Å². The number of hydrogen-bond acceptors (Lipinski definition) is 3. The van der Waals surface area contributed by atoms with E-state index in [-0.39, 0.29) is 5.78 Å². The fourth-order valence-corrected chi connectivity index (χ4v) is 1.01. The Morgan fingerprint density at radius 2 is 1.85 bits per heavy atom. The van der Waals surface area contributed by atoms with E-state index in [0.717, 1.165) is 5.56 Å². The Morgan fingerprint density at radius 3 is 2.31 bits per heavy atom. The lowest BCUT2D eigenvalue weighted by atomic mass is 10.0. The van der Waals surface area contributed by atoms with E-state index in [2.05, 4.69) is 5.18 Å². The van der Waals surface area contributed by atoms with Crippen molar-refractivity contribution in [3.8, 4) is 0 Å². The summed E-state index contributed by atoms with van der Waals surface area (Å²) >= 11 is 0. The van der Waals surface area contributed by atoms with Crippen molar-refractivity contribution >= 4 is 5.78 Å². The van der Waals surface area contributed by atoms with Gasteiger partial charge in [-0.25, -0.2) is 0 Å². The number of benzene rings is 1. The first-order valence-electron chi connectivity index (χ1n) is 4.08. The topological polar surface area (TPSA) is 46.5 Å². The van der Waals surface area contributed by atoms with Gasteiger partial charge in [-0.1, -0.05) is 35.0 Å². The van der Waals surface area contributed by atoms with Crippen LogP contribution in [-0.2, 0) is 0 Å². The van der Waals surface area contributed by atoms with E-state index in [0.29, 0.717) is 5.56 Å². The van der Waals surface area contributed by atoms with Crippen molar-refractivity contribution in [3.05, 3.63) is 40.3 Å². The lowest BCUT2D eigenvalue weighted by molar-refractivity contribution is 0.0968. The summed E-state index contributed by atoms with van der Waals surface area (Å²) in [6, 6.07) is 6.30. The second-order valence-corrected chi connectivity index (χ2v) is 3.01. The van der Waals surface area contributed by atoms with Crippen LogP contribution in [0.2, 0.25) is 0 Å². The summed E-state index contributed by atoms with van der Waals surface area (Å²) in [6.07, 6.45) is 0. The predicted octanol–water partition coefficient (Wildman–Crippen LogP) is 2.33. The highest BCUT2D eigenvalue weighted by atomic mass is 16.3. The second-order valence-electron chi connectivity index (χ2n) is 3.01. The van der Waals surface area contributed by atoms with Crippen molar-refractivity contribution in [2.45, 2.75) is 19.9 Å². The van der Waals surface area contributed by atoms with E-state index in [1.807, 2.05) is 19.1 Å². The maximum atomic E-state index is 11.4. The minimum absolute atomic E-state index is 0.227. The molecule has 0 aromatic heterocycles. The average Bonchev–Trinajstić information content (AvgIpc) is 2.17. The first-order chi connectivity index (χ1) is 6.15. The highest BCUT2D eigenvalue weighted by Gasteiger charge is 2.14. The summed E-state index contributed by atoms with van der Waals surface area (Å²) in [5.74, 6) is -0.227. The summed E-state index contributed by atoms with van der Waals surface area (Å²) < 4.78 is 0. The van der Waals surface area contributed by atoms with Gasteiger partial charge in [-0.3, -0.25) is 4.79 Å². The smallest absolute Gasteiger partial charge is 0.190 e. The highest BCUT2D eigenvalue weighted by molar-refractivity contribution is 5.99. The van der Waals surface area contributed by atoms with Crippen LogP contribution < -0.4 is 0 Å². The van der Waals surface area contributed by atoms with Crippen LogP contribution in [-0.4, -0.2) is 11.8 Å². The molecule has 1 rings (SSSR count). The molecule has 13 heavy (non-hydrogen) atoms. The zero-order valence-electron chi connectivity index (χ0n) is 7.65.